The topological polar surface area (TPSA) is 44.1 Å². The van der Waals surface area contributed by atoms with Crippen LogP contribution in [0.5, 0.6) is 0 Å². The van der Waals surface area contributed by atoms with Crippen LogP contribution in [0.4, 0.5) is 5.69 Å². The highest BCUT2D eigenvalue weighted by molar-refractivity contribution is 6.00. The molecule has 0 aliphatic heterocycles. The summed E-state index contributed by atoms with van der Waals surface area (Å²) in [6.07, 6.45) is 5.22. The van der Waals surface area contributed by atoms with Crippen LogP contribution in [-0.2, 0) is 0 Å². The Morgan fingerprint density at radius 3 is 2.75 bits per heavy atom. The van der Waals surface area contributed by atoms with Gasteiger partial charge in [0.25, 0.3) is 0 Å². The van der Waals surface area contributed by atoms with Gasteiger partial charge >= 0.3 is 0 Å². The highest BCUT2D eigenvalue weighted by atomic mass is 16.1. The Labute approximate surface area is 95.3 Å². The summed E-state index contributed by atoms with van der Waals surface area (Å²) in [5.74, 6) is 2.46. The van der Waals surface area contributed by atoms with Crippen molar-refractivity contribution in [3.63, 3.8) is 0 Å². The number of ketones is 1. The highest BCUT2D eigenvalue weighted by Crippen LogP contribution is 2.21. The molecule has 0 unspecified atom stereocenters. The first-order chi connectivity index (χ1) is 7.60. The number of carbonyl (C=O) groups is 1. The lowest BCUT2D eigenvalue weighted by molar-refractivity contribution is 0.101. The number of nitrogens with zero attached hydrogens (tertiary/aromatic N) is 2. The standard InChI is InChI=1S/C13H12N2O/c1-4-7-15(3)13-8-11(9-14)5-6-12(13)10(2)16/h1,5-6,8H,7H2,2-3H3. The zero-order valence-electron chi connectivity index (χ0n) is 9.32. The SMILES string of the molecule is C#CCN(C)c1cc(C#N)ccc1C(C)=O. The second kappa shape index (κ2) is 5.00. The lowest BCUT2D eigenvalue weighted by Gasteiger charge is -2.19. The fourth-order valence-corrected chi connectivity index (χ4v) is 1.44. The van der Waals surface area contributed by atoms with Crippen LogP contribution in [0.15, 0.2) is 18.2 Å². The number of hydrogen-bond acceptors (Lipinski definition) is 3. The summed E-state index contributed by atoms with van der Waals surface area (Å²) in [7, 11) is 1.79. The summed E-state index contributed by atoms with van der Waals surface area (Å²) in [5, 5.41) is 8.81. The molecule has 0 atom stereocenters. The minimum Gasteiger partial charge on any atom is -0.363 e. The first kappa shape index (κ1) is 11.8. The summed E-state index contributed by atoms with van der Waals surface area (Å²) in [4.78, 5) is 13.2. The summed E-state index contributed by atoms with van der Waals surface area (Å²) < 4.78 is 0. The van der Waals surface area contributed by atoms with E-state index in [9.17, 15) is 4.79 Å². The molecule has 1 rings (SSSR count). The predicted octanol–water partition coefficient (Wildman–Crippen LogP) is 1.83. The normalized spacial score (nSPS) is 9.00. The molecule has 0 fully saturated rings. The molecule has 1 aromatic rings. The summed E-state index contributed by atoms with van der Waals surface area (Å²) >= 11 is 0. The molecule has 0 aliphatic rings. The highest BCUT2D eigenvalue weighted by Gasteiger charge is 2.11. The maximum atomic E-state index is 11.4. The average Bonchev–Trinajstić information content (AvgIpc) is 2.28. The Hall–Kier alpha value is -2.26. The molecule has 1 aromatic carbocycles. The average molecular weight is 212 g/mol. The van der Waals surface area contributed by atoms with Crippen LogP contribution in [0.3, 0.4) is 0 Å². The van der Waals surface area contributed by atoms with E-state index in [2.05, 4.69) is 5.92 Å². The van der Waals surface area contributed by atoms with Crippen molar-refractivity contribution in [2.75, 3.05) is 18.5 Å². The van der Waals surface area contributed by atoms with E-state index in [-0.39, 0.29) is 5.78 Å². The maximum Gasteiger partial charge on any atom is 0.161 e. The van der Waals surface area contributed by atoms with Crippen molar-refractivity contribution in [1.82, 2.24) is 0 Å². The monoisotopic (exact) mass is 212 g/mol. The molecule has 0 bridgehead atoms. The van der Waals surface area contributed by atoms with Gasteiger partial charge in [0, 0.05) is 18.3 Å². The quantitative estimate of drug-likeness (QED) is 0.567. The second-order valence-corrected chi connectivity index (χ2v) is 3.46. The van der Waals surface area contributed by atoms with Gasteiger partial charge in [0.2, 0.25) is 0 Å². The number of nitriles is 1. The Balaban J connectivity index is 3.27. The van der Waals surface area contributed by atoms with Gasteiger partial charge in [0.1, 0.15) is 0 Å². The fourth-order valence-electron chi connectivity index (χ4n) is 1.44. The number of carbonyl (C=O) groups excluding carboxylic acids is 1. The van der Waals surface area contributed by atoms with Gasteiger partial charge in [0.05, 0.1) is 18.2 Å². The van der Waals surface area contributed by atoms with Gasteiger partial charge in [0.15, 0.2) is 5.78 Å². The largest absolute Gasteiger partial charge is 0.363 e. The molecule has 16 heavy (non-hydrogen) atoms. The van der Waals surface area contributed by atoms with Gasteiger partial charge in [-0.25, -0.2) is 0 Å². The van der Waals surface area contributed by atoms with Crippen LogP contribution in [-0.4, -0.2) is 19.4 Å². The molecule has 0 saturated carbocycles. The van der Waals surface area contributed by atoms with Crippen LogP contribution in [0.25, 0.3) is 0 Å². The van der Waals surface area contributed by atoms with Gasteiger partial charge in [-0.3, -0.25) is 4.79 Å². The molecular formula is C13H12N2O. The summed E-state index contributed by atoms with van der Waals surface area (Å²) in [6, 6.07) is 7.00. The number of Topliss-reactive ketones (excluding diaryl/α,β-unsaturated/α-hetero) is 1. The molecule has 0 heterocycles. The number of terminal acetylenes is 1. The third-order valence-electron chi connectivity index (χ3n) is 2.25. The van der Waals surface area contributed by atoms with Crippen LogP contribution < -0.4 is 4.90 Å². The van der Waals surface area contributed by atoms with E-state index in [0.717, 1.165) is 0 Å². The zero-order chi connectivity index (χ0) is 12.1. The van der Waals surface area contributed by atoms with Crippen molar-refractivity contribution in [3.05, 3.63) is 29.3 Å². The van der Waals surface area contributed by atoms with E-state index < -0.39 is 0 Å². The molecule has 0 aliphatic carbocycles. The predicted molar refractivity (Wildman–Crippen MR) is 63.3 cm³/mol. The first-order valence-electron chi connectivity index (χ1n) is 4.80. The van der Waals surface area contributed by atoms with Crippen LogP contribution >= 0.6 is 0 Å². The smallest absolute Gasteiger partial charge is 0.161 e. The van der Waals surface area contributed by atoms with E-state index in [1.807, 2.05) is 6.07 Å². The number of hydrogen-bond donors (Lipinski definition) is 0. The molecule has 3 nitrogen and oxygen atoms in total. The molecule has 3 heteroatoms. The van der Waals surface area contributed by atoms with Gasteiger partial charge in [-0.1, -0.05) is 5.92 Å². The minimum atomic E-state index is -0.0386. The fraction of sp³-hybridized carbons (Fsp3) is 0.231. The Kier molecular flexibility index (Phi) is 3.69. The second-order valence-electron chi connectivity index (χ2n) is 3.46. The van der Waals surface area contributed by atoms with Crippen molar-refractivity contribution in [2.24, 2.45) is 0 Å². The van der Waals surface area contributed by atoms with Crippen molar-refractivity contribution >= 4 is 11.5 Å². The van der Waals surface area contributed by atoms with Gasteiger partial charge in [-0.05, 0) is 25.1 Å². The zero-order valence-corrected chi connectivity index (χ0v) is 9.32. The first-order valence-corrected chi connectivity index (χ1v) is 4.80. The number of anilines is 1. The number of rotatable bonds is 3. The molecule has 0 N–H and O–H groups in total. The molecule has 0 saturated heterocycles. The molecule has 0 radical (unpaired) electrons. The van der Waals surface area contributed by atoms with E-state index >= 15 is 0 Å². The number of benzene rings is 1. The molecule has 80 valence electrons. The van der Waals surface area contributed by atoms with Crippen molar-refractivity contribution in [2.45, 2.75) is 6.92 Å². The van der Waals surface area contributed by atoms with E-state index in [0.29, 0.717) is 23.4 Å². The van der Waals surface area contributed by atoms with Gasteiger partial charge < -0.3 is 4.90 Å². The van der Waals surface area contributed by atoms with Crippen molar-refractivity contribution in [3.8, 4) is 18.4 Å². The van der Waals surface area contributed by atoms with Gasteiger partial charge in [-0.15, -0.1) is 6.42 Å². The van der Waals surface area contributed by atoms with Crippen LogP contribution in [0.2, 0.25) is 0 Å². The third kappa shape index (κ3) is 2.40. The maximum absolute atomic E-state index is 11.4. The van der Waals surface area contributed by atoms with E-state index in [1.54, 1.807) is 30.1 Å². The molecule has 0 aromatic heterocycles. The Morgan fingerprint density at radius 1 is 1.56 bits per heavy atom. The summed E-state index contributed by atoms with van der Waals surface area (Å²) in [6.45, 7) is 1.89. The van der Waals surface area contributed by atoms with Crippen molar-refractivity contribution < 1.29 is 4.79 Å². The minimum absolute atomic E-state index is 0.0386. The van der Waals surface area contributed by atoms with Gasteiger partial charge in [-0.2, -0.15) is 5.26 Å². The summed E-state index contributed by atoms with van der Waals surface area (Å²) in [5.41, 5.74) is 1.80. The Morgan fingerprint density at radius 2 is 2.25 bits per heavy atom. The molecule has 0 amide bonds. The Bertz CT molecular complexity index is 492. The lowest BCUT2D eigenvalue weighted by Crippen LogP contribution is -2.19. The van der Waals surface area contributed by atoms with Crippen molar-refractivity contribution in [1.29, 1.82) is 5.26 Å². The molecule has 0 spiro atoms. The van der Waals surface area contributed by atoms with E-state index in [1.165, 1.54) is 6.92 Å². The molecular weight excluding hydrogens is 200 g/mol. The van der Waals surface area contributed by atoms with E-state index in [4.69, 9.17) is 11.7 Å². The van der Waals surface area contributed by atoms with Crippen LogP contribution in [0.1, 0.15) is 22.8 Å². The third-order valence-corrected chi connectivity index (χ3v) is 2.25. The lowest BCUT2D eigenvalue weighted by atomic mass is 10.1. The van der Waals surface area contributed by atoms with Crippen LogP contribution in [0, 0.1) is 23.7 Å².